The summed E-state index contributed by atoms with van der Waals surface area (Å²) in [5.41, 5.74) is 7.08. The third-order valence-corrected chi connectivity index (χ3v) is 2.85. The fraction of sp³-hybridized carbons (Fsp3) is 0.0714. The maximum absolute atomic E-state index is 12.4. The maximum atomic E-state index is 12.4. The number of ketones is 1. The molecule has 2 rings (SSSR count). The number of nitrogens with two attached hydrogens (primary N) is 1. The van der Waals surface area contributed by atoms with Crippen LogP contribution in [-0.4, -0.2) is 12.9 Å². The van der Waals surface area contributed by atoms with Crippen LogP contribution in [0.5, 0.6) is 5.75 Å². The van der Waals surface area contributed by atoms with Crippen LogP contribution in [0, 0.1) is 0 Å². The SMILES string of the molecule is COc1ccc(Cl)cc1C(=O)c1ccccc1N. The molecule has 0 aliphatic carbocycles. The van der Waals surface area contributed by atoms with E-state index in [9.17, 15) is 4.79 Å². The van der Waals surface area contributed by atoms with E-state index in [1.807, 2.05) is 0 Å². The fourth-order valence-corrected chi connectivity index (χ4v) is 1.88. The van der Waals surface area contributed by atoms with Crippen molar-refractivity contribution in [3.63, 3.8) is 0 Å². The number of rotatable bonds is 3. The molecule has 0 bridgehead atoms. The van der Waals surface area contributed by atoms with Crippen LogP contribution in [0.2, 0.25) is 5.02 Å². The summed E-state index contributed by atoms with van der Waals surface area (Å²) in [7, 11) is 1.51. The number of benzene rings is 2. The minimum absolute atomic E-state index is 0.201. The van der Waals surface area contributed by atoms with Gasteiger partial charge in [0.25, 0.3) is 0 Å². The Kier molecular flexibility index (Phi) is 3.53. The van der Waals surface area contributed by atoms with Crippen molar-refractivity contribution in [2.24, 2.45) is 0 Å². The van der Waals surface area contributed by atoms with Crippen LogP contribution in [0.25, 0.3) is 0 Å². The van der Waals surface area contributed by atoms with Gasteiger partial charge in [0.15, 0.2) is 5.78 Å². The van der Waals surface area contributed by atoms with Gasteiger partial charge in [-0.3, -0.25) is 4.79 Å². The largest absolute Gasteiger partial charge is 0.496 e. The molecule has 0 spiro atoms. The molecule has 0 saturated heterocycles. The van der Waals surface area contributed by atoms with Gasteiger partial charge in [-0.2, -0.15) is 0 Å². The molecular weight excluding hydrogens is 250 g/mol. The lowest BCUT2D eigenvalue weighted by Crippen LogP contribution is -2.07. The first kappa shape index (κ1) is 12.5. The number of nitrogen functional groups attached to an aromatic ring is 1. The Labute approximate surface area is 110 Å². The first-order valence-electron chi connectivity index (χ1n) is 5.36. The molecule has 18 heavy (non-hydrogen) atoms. The number of halogens is 1. The van der Waals surface area contributed by atoms with Gasteiger partial charge in [-0.05, 0) is 30.3 Å². The van der Waals surface area contributed by atoms with Crippen molar-refractivity contribution in [3.05, 3.63) is 58.6 Å². The summed E-state index contributed by atoms with van der Waals surface area (Å²) in [5.74, 6) is 0.278. The number of carbonyl (C=O) groups is 1. The summed E-state index contributed by atoms with van der Waals surface area (Å²) in [4.78, 5) is 12.4. The third-order valence-electron chi connectivity index (χ3n) is 2.61. The Hall–Kier alpha value is -2.00. The maximum Gasteiger partial charge on any atom is 0.198 e. The highest BCUT2D eigenvalue weighted by atomic mass is 35.5. The molecule has 0 atom stereocenters. The van der Waals surface area contributed by atoms with Gasteiger partial charge < -0.3 is 10.5 Å². The van der Waals surface area contributed by atoms with E-state index in [1.165, 1.54) is 7.11 Å². The molecule has 0 saturated carbocycles. The Morgan fingerprint density at radius 1 is 1.17 bits per heavy atom. The van der Waals surface area contributed by atoms with E-state index in [4.69, 9.17) is 22.1 Å². The first-order chi connectivity index (χ1) is 8.63. The lowest BCUT2D eigenvalue weighted by molar-refractivity contribution is 0.103. The van der Waals surface area contributed by atoms with Gasteiger partial charge in [-0.15, -0.1) is 0 Å². The second-order valence-corrected chi connectivity index (χ2v) is 4.20. The molecule has 0 fully saturated rings. The van der Waals surface area contributed by atoms with E-state index in [0.717, 1.165) is 0 Å². The highest BCUT2D eigenvalue weighted by molar-refractivity contribution is 6.31. The van der Waals surface area contributed by atoms with Gasteiger partial charge in [0.05, 0.1) is 12.7 Å². The van der Waals surface area contributed by atoms with E-state index in [0.29, 0.717) is 27.6 Å². The molecule has 3 nitrogen and oxygen atoms in total. The number of anilines is 1. The van der Waals surface area contributed by atoms with Crippen molar-refractivity contribution in [1.29, 1.82) is 0 Å². The standard InChI is InChI=1S/C14H12ClNO2/c1-18-13-7-6-9(15)8-11(13)14(17)10-4-2-3-5-12(10)16/h2-8H,16H2,1H3. The van der Waals surface area contributed by atoms with Crippen LogP contribution in [0.3, 0.4) is 0 Å². The summed E-state index contributed by atoms with van der Waals surface area (Å²) in [6.07, 6.45) is 0. The van der Waals surface area contributed by atoms with Crippen LogP contribution in [0.1, 0.15) is 15.9 Å². The summed E-state index contributed by atoms with van der Waals surface area (Å²) in [5, 5.41) is 0.480. The molecular formula is C14H12ClNO2. The van der Waals surface area contributed by atoms with E-state index >= 15 is 0 Å². The van der Waals surface area contributed by atoms with Crippen molar-refractivity contribution >= 4 is 23.1 Å². The predicted octanol–water partition coefficient (Wildman–Crippen LogP) is 3.16. The third kappa shape index (κ3) is 2.31. The lowest BCUT2D eigenvalue weighted by Gasteiger charge is -2.09. The molecule has 0 aliphatic heterocycles. The molecule has 0 aromatic heterocycles. The average molecular weight is 262 g/mol. The molecule has 0 unspecified atom stereocenters. The number of ether oxygens (including phenoxy) is 1. The Bertz CT molecular complexity index is 596. The normalized spacial score (nSPS) is 10.1. The fourth-order valence-electron chi connectivity index (χ4n) is 1.71. The highest BCUT2D eigenvalue weighted by Gasteiger charge is 2.16. The average Bonchev–Trinajstić information content (AvgIpc) is 2.38. The van der Waals surface area contributed by atoms with Gasteiger partial charge in [-0.25, -0.2) is 0 Å². The van der Waals surface area contributed by atoms with Crippen molar-refractivity contribution in [1.82, 2.24) is 0 Å². The molecule has 4 heteroatoms. The molecule has 2 aromatic carbocycles. The number of carbonyl (C=O) groups excluding carboxylic acids is 1. The Morgan fingerprint density at radius 3 is 2.56 bits per heavy atom. The number of methoxy groups -OCH3 is 1. The van der Waals surface area contributed by atoms with E-state index < -0.39 is 0 Å². The number of para-hydroxylation sites is 1. The Balaban J connectivity index is 2.52. The number of hydrogen-bond donors (Lipinski definition) is 1. The number of hydrogen-bond acceptors (Lipinski definition) is 3. The van der Waals surface area contributed by atoms with Crippen molar-refractivity contribution in [2.45, 2.75) is 0 Å². The topological polar surface area (TPSA) is 52.3 Å². The molecule has 0 amide bonds. The van der Waals surface area contributed by atoms with Crippen LogP contribution >= 0.6 is 11.6 Å². The van der Waals surface area contributed by atoms with Gasteiger partial charge in [0.2, 0.25) is 0 Å². The quantitative estimate of drug-likeness (QED) is 0.682. The van der Waals surface area contributed by atoms with Gasteiger partial charge in [-0.1, -0.05) is 23.7 Å². The second-order valence-electron chi connectivity index (χ2n) is 3.76. The van der Waals surface area contributed by atoms with Crippen LogP contribution < -0.4 is 10.5 Å². The Morgan fingerprint density at radius 2 is 1.89 bits per heavy atom. The smallest absolute Gasteiger partial charge is 0.198 e. The van der Waals surface area contributed by atoms with Gasteiger partial charge in [0.1, 0.15) is 5.75 Å². The minimum Gasteiger partial charge on any atom is -0.496 e. The highest BCUT2D eigenvalue weighted by Crippen LogP contribution is 2.26. The summed E-state index contributed by atoms with van der Waals surface area (Å²) < 4.78 is 5.16. The zero-order chi connectivity index (χ0) is 13.1. The van der Waals surface area contributed by atoms with Gasteiger partial charge >= 0.3 is 0 Å². The van der Waals surface area contributed by atoms with Gasteiger partial charge in [0, 0.05) is 16.3 Å². The zero-order valence-electron chi connectivity index (χ0n) is 9.81. The van der Waals surface area contributed by atoms with Crippen LogP contribution in [-0.2, 0) is 0 Å². The predicted molar refractivity (Wildman–Crippen MR) is 72.3 cm³/mol. The van der Waals surface area contributed by atoms with Crippen molar-refractivity contribution < 1.29 is 9.53 Å². The monoisotopic (exact) mass is 261 g/mol. The van der Waals surface area contributed by atoms with Crippen LogP contribution in [0.15, 0.2) is 42.5 Å². The van der Waals surface area contributed by atoms with E-state index in [1.54, 1.807) is 42.5 Å². The molecule has 0 radical (unpaired) electrons. The molecule has 92 valence electrons. The molecule has 0 heterocycles. The summed E-state index contributed by atoms with van der Waals surface area (Å²) in [6, 6.07) is 11.8. The lowest BCUT2D eigenvalue weighted by atomic mass is 10.0. The van der Waals surface area contributed by atoms with Crippen LogP contribution in [0.4, 0.5) is 5.69 Å². The van der Waals surface area contributed by atoms with E-state index in [-0.39, 0.29) is 5.78 Å². The summed E-state index contributed by atoms with van der Waals surface area (Å²) >= 11 is 5.91. The zero-order valence-corrected chi connectivity index (χ0v) is 10.6. The van der Waals surface area contributed by atoms with Crippen molar-refractivity contribution in [3.8, 4) is 5.75 Å². The summed E-state index contributed by atoms with van der Waals surface area (Å²) in [6.45, 7) is 0. The molecule has 2 N–H and O–H groups in total. The second kappa shape index (κ2) is 5.10. The molecule has 0 aliphatic rings. The molecule has 2 aromatic rings. The van der Waals surface area contributed by atoms with Crippen molar-refractivity contribution in [2.75, 3.05) is 12.8 Å². The van der Waals surface area contributed by atoms with E-state index in [2.05, 4.69) is 0 Å². The minimum atomic E-state index is -0.201. The first-order valence-corrected chi connectivity index (χ1v) is 5.74.